The molecule has 1 aliphatic carbocycles. The molecule has 3 nitrogen and oxygen atoms in total. The predicted molar refractivity (Wildman–Crippen MR) is 99.8 cm³/mol. The summed E-state index contributed by atoms with van der Waals surface area (Å²) in [5.41, 5.74) is 5.40. The van der Waals surface area contributed by atoms with Crippen molar-refractivity contribution in [1.29, 1.82) is 0 Å². The van der Waals surface area contributed by atoms with Crippen molar-refractivity contribution < 1.29 is 0 Å². The Morgan fingerprint density at radius 3 is 2.61 bits per heavy atom. The zero-order valence-electron chi connectivity index (χ0n) is 14.0. The van der Waals surface area contributed by atoms with Gasteiger partial charge in [-0.3, -0.25) is 0 Å². The number of rotatable bonds is 3. The molecule has 0 radical (unpaired) electrons. The minimum absolute atomic E-state index is 0.479. The van der Waals surface area contributed by atoms with Crippen molar-refractivity contribution in [2.24, 2.45) is 0 Å². The van der Waals surface area contributed by atoms with Gasteiger partial charge in [-0.1, -0.05) is 27.7 Å². The standard InChI is InChI=1S/C18H21N3S2/c1-9(2)14-12-7-5-6-11(12)13-15-16(23-17(13)21-14)18(20-8-19-15)22-10(3)4/h8-10H,5-7H2,1-4H3. The second-order valence-corrected chi connectivity index (χ2v) is 9.33. The molecule has 3 aromatic rings. The van der Waals surface area contributed by atoms with E-state index in [0.29, 0.717) is 11.2 Å². The summed E-state index contributed by atoms with van der Waals surface area (Å²) in [5, 5.41) is 2.92. The van der Waals surface area contributed by atoms with Gasteiger partial charge >= 0.3 is 0 Å². The number of fused-ring (bicyclic) bond motifs is 5. The molecule has 0 aliphatic heterocycles. The monoisotopic (exact) mass is 343 g/mol. The van der Waals surface area contributed by atoms with E-state index in [2.05, 4.69) is 37.7 Å². The van der Waals surface area contributed by atoms with Gasteiger partial charge in [-0.15, -0.1) is 23.1 Å². The fraction of sp³-hybridized carbons (Fsp3) is 0.500. The van der Waals surface area contributed by atoms with Gasteiger partial charge in [0.05, 0.1) is 10.2 Å². The summed E-state index contributed by atoms with van der Waals surface area (Å²) in [4.78, 5) is 15.4. The molecule has 0 N–H and O–H groups in total. The lowest BCUT2D eigenvalue weighted by Gasteiger charge is -2.11. The van der Waals surface area contributed by atoms with Crippen molar-refractivity contribution in [3.05, 3.63) is 23.1 Å². The summed E-state index contributed by atoms with van der Waals surface area (Å²) in [7, 11) is 0. The Morgan fingerprint density at radius 2 is 1.87 bits per heavy atom. The lowest BCUT2D eigenvalue weighted by atomic mass is 9.99. The number of pyridine rings is 1. The van der Waals surface area contributed by atoms with Crippen molar-refractivity contribution in [2.75, 3.05) is 0 Å². The number of hydrogen-bond donors (Lipinski definition) is 0. The van der Waals surface area contributed by atoms with Gasteiger partial charge in [0.1, 0.15) is 16.2 Å². The predicted octanol–water partition coefficient (Wildman–Crippen LogP) is 5.35. The highest BCUT2D eigenvalue weighted by molar-refractivity contribution is 8.00. The molecule has 5 heteroatoms. The van der Waals surface area contributed by atoms with E-state index in [4.69, 9.17) is 4.98 Å². The second-order valence-electron chi connectivity index (χ2n) is 6.77. The molecule has 0 saturated heterocycles. The number of hydrogen-bond acceptors (Lipinski definition) is 5. The van der Waals surface area contributed by atoms with Crippen LogP contribution in [0.1, 0.15) is 56.9 Å². The highest BCUT2D eigenvalue weighted by atomic mass is 32.2. The van der Waals surface area contributed by atoms with Gasteiger partial charge in [-0.2, -0.15) is 0 Å². The minimum Gasteiger partial charge on any atom is -0.241 e. The lowest BCUT2D eigenvalue weighted by Crippen LogP contribution is -2.00. The van der Waals surface area contributed by atoms with E-state index in [1.54, 1.807) is 17.7 Å². The molecule has 3 aromatic heterocycles. The third-order valence-corrected chi connectivity index (χ3v) is 6.58. The fourth-order valence-corrected chi connectivity index (χ4v) is 5.57. The largest absolute Gasteiger partial charge is 0.241 e. The number of aromatic nitrogens is 3. The first-order chi connectivity index (χ1) is 11.1. The number of thiophene rings is 1. The summed E-state index contributed by atoms with van der Waals surface area (Å²) >= 11 is 3.59. The zero-order chi connectivity index (χ0) is 16.1. The zero-order valence-corrected chi connectivity index (χ0v) is 15.6. The molecule has 0 amide bonds. The second kappa shape index (κ2) is 5.71. The van der Waals surface area contributed by atoms with Gasteiger partial charge in [-0.05, 0) is 36.3 Å². The molecule has 0 atom stereocenters. The molecule has 4 rings (SSSR count). The average molecular weight is 344 g/mol. The summed E-state index contributed by atoms with van der Waals surface area (Å²) in [5.74, 6) is 0.479. The molecule has 0 spiro atoms. The van der Waals surface area contributed by atoms with Gasteiger partial charge in [0, 0.05) is 16.3 Å². The topological polar surface area (TPSA) is 38.7 Å². The van der Waals surface area contributed by atoms with Crippen molar-refractivity contribution in [2.45, 2.75) is 63.2 Å². The van der Waals surface area contributed by atoms with Crippen LogP contribution in [0.25, 0.3) is 20.4 Å². The first kappa shape index (κ1) is 15.3. The van der Waals surface area contributed by atoms with Crippen molar-refractivity contribution in [3.8, 4) is 0 Å². The van der Waals surface area contributed by atoms with Crippen molar-refractivity contribution >= 4 is 43.5 Å². The maximum absolute atomic E-state index is 5.05. The smallest absolute Gasteiger partial charge is 0.126 e. The molecule has 1 aliphatic rings. The van der Waals surface area contributed by atoms with Crippen LogP contribution in [0.5, 0.6) is 0 Å². The van der Waals surface area contributed by atoms with Crippen LogP contribution >= 0.6 is 23.1 Å². The van der Waals surface area contributed by atoms with Crippen molar-refractivity contribution in [1.82, 2.24) is 15.0 Å². The van der Waals surface area contributed by atoms with Crippen molar-refractivity contribution in [3.63, 3.8) is 0 Å². The molecule has 0 saturated carbocycles. The number of thioether (sulfide) groups is 1. The van der Waals surface area contributed by atoms with E-state index in [9.17, 15) is 0 Å². The lowest BCUT2D eigenvalue weighted by molar-refractivity contribution is 0.805. The van der Waals surface area contributed by atoms with Gasteiger partial charge in [-0.25, -0.2) is 15.0 Å². The fourth-order valence-electron chi connectivity index (χ4n) is 3.49. The average Bonchev–Trinajstić information content (AvgIpc) is 3.09. The van der Waals surface area contributed by atoms with Crippen LogP contribution in [-0.2, 0) is 12.8 Å². The Balaban J connectivity index is 2.06. The van der Waals surface area contributed by atoms with Crippen LogP contribution in [0.4, 0.5) is 0 Å². The normalized spacial score (nSPS) is 14.5. The Bertz CT molecular complexity index is 896. The van der Waals surface area contributed by atoms with Crippen LogP contribution in [0.15, 0.2) is 11.4 Å². The maximum atomic E-state index is 5.05. The molecular formula is C18H21N3S2. The van der Waals surface area contributed by atoms with E-state index >= 15 is 0 Å². The third kappa shape index (κ3) is 2.45. The van der Waals surface area contributed by atoms with E-state index < -0.39 is 0 Å². The first-order valence-electron chi connectivity index (χ1n) is 8.31. The van der Waals surface area contributed by atoms with Crippen LogP contribution in [-0.4, -0.2) is 20.2 Å². The third-order valence-electron chi connectivity index (χ3n) is 4.37. The molecule has 0 unspecified atom stereocenters. The van der Waals surface area contributed by atoms with Crippen LogP contribution in [0.2, 0.25) is 0 Å². The molecule has 23 heavy (non-hydrogen) atoms. The summed E-state index contributed by atoms with van der Waals surface area (Å²) in [6.45, 7) is 8.91. The molecule has 0 bridgehead atoms. The maximum Gasteiger partial charge on any atom is 0.126 e. The molecule has 0 aromatic carbocycles. The van der Waals surface area contributed by atoms with Gasteiger partial charge in [0.15, 0.2) is 0 Å². The molecule has 0 fully saturated rings. The first-order valence-corrected chi connectivity index (χ1v) is 10.0. The van der Waals surface area contributed by atoms with Gasteiger partial charge in [0.25, 0.3) is 0 Å². The van der Waals surface area contributed by atoms with E-state index in [0.717, 1.165) is 21.8 Å². The molecule has 3 heterocycles. The summed E-state index contributed by atoms with van der Waals surface area (Å²) < 4.78 is 1.21. The Hall–Kier alpha value is -1.20. The van der Waals surface area contributed by atoms with Gasteiger partial charge < -0.3 is 0 Å². The van der Waals surface area contributed by atoms with Gasteiger partial charge in [0.2, 0.25) is 0 Å². The van der Waals surface area contributed by atoms with E-state index in [1.165, 1.54) is 39.7 Å². The Labute approximate surface area is 144 Å². The van der Waals surface area contributed by atoms with Crippen LogP contribution in [0.3, 0.4) is 0 Å². The molecular weight excluding hydrogens is 322 g/mol. The van der Waals surface area contributed by atoms with Crippen LogP contribution in [0, 0.1) is 0 Å². The quantitative estimate of drug-likeness (QED) is 0.474. The summed E-state index contributed by atoms with van der Waals surface area (Å²) in [6.07, 6.45) is 5.29. The highest BCUT2D eigenvalue weighted by Crippen LogP contribution is 2.43. The summed E-state index contributed by atoms with van der Waals surface area (Å²) in [6, 6.07) is 0. The Kier molecular flexibility index (Phi) is 3.81. The SMILES string of the molecule is CC(C)Sc1ncnc2c1sc1nc(C(C)C)c3c(c12)CCC3. The number of nitrogens with zero attached hydrogens (tertiary/aromatic N) is 3. The van der Waals surface area contributed by atoms with Crippen LogP contribution < -0.4 is 0 Å². The minimum atomic E-state index is 0.479. The van der Waals surface area contributed by atoms with E-state index in [-0.39, 0.29) is 0 Å². The highest BCUT2D eigenvalue weighted by Gasteiger charge is 2.25. The van der Waals surface area contributed by atoms with E-state index in [1.807, 2.05) is 11.8 Å². The number of aryl methyl sites for hydroxylation is 1. The Morgan fingerprint density at radius 1 is 1.09 bits per heavy atom. The molecule has 120 valence electrons.